The summed E-state index contributed by atoms with van der Waals surface area (Å²) in [5, 5.41) is 32.4. The Morgan fingerprint density at radius 3 is 2.29 bits per heavy atom. The van der Waals surface area contributed by atoms with Crippen molar-refractivity contribution in [1.82, 2.24) is 0 Å². The first-order valence-electron chi connectivity index (χ1n) is 13.6. The van der Waals surface area contributed by atoms with Gasteiger partial charge in [-0.2, -0.15) is 0 Å². The number of allylic oxidation sites excluding steroid dienone is 3. The Kier molecular flexibility index (Phi) is 6.50. The number of carboxylic acids is 1. The van der Waals surface area contributed by atoms with E-state index >= 15 is 0 Å². The average molecular weight is 487 g/mol. The highest BCUT2D eigenvalue weighted by molar-refractivity contribution is 5.94. The fourth-order valence-corrected chi connectivity index (χ4v) is 9.45. The van der Waals surface area contributed by atoms with E-state index in [9.17, 15) is 24.9 Å². The summed E-state index contributed by atoms with van der Waals surface area (Å²) >= 11 is 0. The van der Waals surface area contributed by atoms with Crippen LogP contribution in [0, 0.1) is 39.4 Å². The van der Waals surface area contributed by atoms with E-state index < -0.39 is 18.0 Å². The summed E-state index contributed by atoms with van der Waals surface area (Å²) in [6, 6.07) is 0. The number of fused-ring (bicyclic) bond motifs is 4. The quantitative estimate of drug-likeness (QED) is 0.331. The first kappa shape index (κ1) is 26.6. The van der Waals surface area contributed by atoms with Gasteiger partial charge in [-0.25, -0.2) is 0 Å². The molecule has 0 amide bonds. The minimum Gasteiger partial charge on any atom is -0.481 e. The fraction of sp³-hybridized carbons (Fsp3) is 0.800. The van der Waals surface area contributed by atoms with Crippen LogP contribution < -0.4 is 0 Å². The largest absolute Gasteiger partial charge is 0.481 e. The van der Waals surface area contributed by atoms with E-state index in [0.29, 0.717) is 17.9 Å². The van der Waals surface area contributed by atoms with Crippen molar-refractivity contribution in [2.75, 3.05) is 0 Å². The zero-order chi connectivity index (χ0) is 26.1. The van der Waals surface area contributed by atoms with E-state index in [1.807, 2.05) is 0 Å². The van der Waals surface area contributed by atoms with E-state index in [2.05, 4.69) is 41.2 Å². The van der Waals surface area contributed by atoms with Gasteiger partial charge in [0, 0.05) is 12.3 Å². The summed E-state index contributed by atoms with van der Waals surface area (Å²) < 4.78 is 0. The summed E-state index contributed by atoms with van der Waals surface area (Å²) in [5.41, 5.74) is 2.76. The van der Waals surface area contributed by atoms with Crippen LogP contribution in [-0.2, 0) is 9.59 Å². The van der Waals surface area contributed by atoms with Gasteiger partial charge in [0.25, 0.3) is 0 Å². The molecule has 4 aliphatic rings. The molecule has 0 aromatic rings. The van der Waals surface area contributed by atoms with E-state index in [4.69, 9.17) is 0 Å². The van der Waals surface area contributed by atoms with Crippen LogP contribution in [0.4, 0.5) is 0 Å². The maximum absolute atomic E-state index is 12.5. The van der Waals surface area contributed by atoms with Crippen LogP contribution in [-0.4, -0.2) is 39.3 Å². The molecule has 0 aromatic heterocycles. The molecule has 5 heteroatoms. The SMILES string of the molecule is C=C(C)C(=O)CC[C@@H](C(=O)O)[C@H]1[C@H](O)C[C@@]2(C)C3=C(CC[C@]12C)[C@@]1(C)CC[C@H](O)C(C)(C)[C@@H]1CC3. The molecule has 4 aliphatic carbocycles. The minimum atomic E-state index is -0.910. The molecule has 196 valence electrons. The van der Waals surface area contributed by atoms with Crippen LogP contribution in [0.1, 0.15) is 99.3 Å². The molecule has 0 saturated heterocycles. The van der Waals surface area contributed by atoms with Crippen molar-refractivity contribution in [3.05, 3.63) is 23.3 Å². The normalized spacial score (nSPS) is 43.1. The second-order valence-corrected chi connectivity index (χ2v) is 13.6. The smallest absolute Gasteiger partial charge is 0.306 e. The lowest BCUT2D eigenvalue weighted by atomic mass is 9.43. The molecule has 0 aliphatic heterocycles. The summed E-state index contributed by atoms with van der Waals surface area (Å²) in [7, 11) is 0. The minimum absolute atomic E-state index is 0.0454. The number of hydrogen-bond acceptors (Lipinski definition) is 4. The van der Waals surface area contributed by atoms with Gasteiger partial charge in [0.1, 0.15) is 0 Å². The van der Waals surface area contributed by atoms with Gasteiger partial charge in [-0.3, -0.25) is 9.59 Å². The highest BCUT2D eigenvalue weighted by atomic mass is 16.4. The Morgan fingerprint density at radius 1 is 1.03 bits per heavy atom. The molecule has 0 unspecified atom stereocenters. The van der Waals surface area contributed by atoms with Crippen molar-refractivity contribution < 1.29 is 24.9 Å². The Bertz CT molecular complexity index is 962. The molecule has 2 saturated carbocycles. The molecule has 0 aromatic carbocycles. The summed E-state index contributed by atoms with van der Waals surface area (Å²) in [6.07, 6.45) is 5.58. The molecule has 5 nitrogen and oxygen atoms in total. The van der Waals surface area contributed by atoms with E-state index in [-0.39, 0.29) is 52.3 Å². The van der Waals surface area contributed by atoms with Crippen molar-refractivity contribution in [3.63, 3.8) is 0 Å². The van der Waals surface area contributed by atoms with Crippen LogP contribution in [0.15, 0.2) is 23.3 Å². The molecule has 8 atom stereocenters. The zero-order valence-electron chi connectivity index (χ0n) is 22.6. The predicted molar refractivity (Wildman–Crippen MR) is 137 cm³/mol. The monoisotopic (exact) mass is 486 g/mol. The Labute approximate surface area is 211 Å². The topological polar surface area (TPSA) is 94.8 Å². The summed E-state index contributed by atoms with van der Waals surface area (Å²) in [5.74, 6) is -1.72. The number of hydrogen-bond donors (Lipinski definition) is 3. The number of carbonyl (C=O) groups excluding carboxylic acids is 1. The van der Waals surface area contributed by atoms with E-state index in [1.165, 1.54) is 11.1 Å². The van der Waals surface area contributed by atoms with Gasteiger partial charge in [-0.1, -0.05) is 52.3 Å². The molecule has 0 heterocycles. The number of aliphatic carboxylic acids is 1. The number of carbonyl (C=O) groups is 2. The first-order valence-corrected chi connectivity index (χ1v) is 13.6. The lowest BCUT2D eigenvalue weighted by molar-refractivity contribution is -0.149. The molecule has 2 fully saturated rings. The number of Topliss-reactive ketones (excluding diaryl/α,β-unsaturated/α-hetero) is 1. The van der Waals surface area contributed by atoms with Gasteiger partial charge in [0.2, 0.25) is 0 Å². The van der Waals surface area contributed by atoms with E-state index in [0.717, 1.165) is 38.5 Å². The first-order chi connectivity index (χ1) is 16.1. The highest BCUT2D eigenvalue weighted by Gasteiger charge is 2.66. The van der Waals surface area contributed by atoms with Crippen LogP contribution in [0.25, 0.3) is 0 Å². The summed E-state index contributed by atoms with van der Waals surface area (Å²) in [6.45, 7) is 16.7. The molecular formula is C30H46O5. The van der Waals surface area contributed by atoms with Crippen LogP contribution in [0.3, 0.4) is 0 Å². The van der Waals surface area contributed by atoms with Gasteiger partial charge < -0.3 is 15.3 Å². The van der Waals surface area contributed by atoms with Gasteiger partial charge in [-0.15, -0.1) is 0 Å². The maximum atomic E-state index is 12.5. The van der Waals surface area contributed by atoms with Gasteiger partial charge >= 0.3 is 5.97 Å². The van der Waals surface area contributed by atoms with Crippen molar-refractivity contribution in [2.24, 2.45) is 39.4 Å². The van der Waals surface area contributed by atoms with Crippen molar-refractivity contribution >= 4 is 11.8 Å². The van der Waals surface area contributed by atoms with Crippen molar-refractivity contribution in [1.29, 1.82) is 0 Å². The third-order valence-corrected chi connectivity index (χ3v) is 11.7. The van der Waals surface area contributed by atoms with E-state index in [1.54, 1.807) is 6.92 Å². The van der Waals surface area contributed by atoms with Crippen LogP contribution in [0.2, 0.25) is 0 Å². The van der Waals surface area contributed by atoms with Crippen LogP contribution >= 0.6 is 0 Å². The number of ketones is 1. The number of aliphatic hydroxyl groups excluding tert-OH is 2. The van der Waals surface area contributed by atoms with Crippen molar-refractivity contribution in [3.8, 4) is 0 Å². The average Bonchev–Trinajstić information content (AvgIpc) is 2.97. The fourth-order valence-electron chi connectivity index (χ4n) is 9.45. The number of aliphatic hydroxyl groups is 2. The van der Waals surface area contributed by atoms with Crippen molar-refractivity contribution in [2.45, 2.75) is 112 Å². The van der Waals surface area contributed by atoms with Gasteiger partial charge in [0.15, 0.2) is 5.78 Å². The Hall–Kier alpha value is -1.46. The zero-order valence-corrected chi connectivity index (χ0v) is 22.6. The standard InChI is InChI=1S/C30H46O5/c1-17(2)21(31)10-8-18(26(34)35)25-22(32)16-30(7)20-9-11-23-27(3,4)24(33)13-14-28(23,5)19(20)12-15-29(25,30)6/h18,22-25,32-33H,1,8-16H2,2-7H3,(H,34,35)/t18-,22-,23+,24+,25+,28-,29-,30+/m1/s1. The number of rotatable bonds is 6. The molecule has 0 spiro atoms. The molecular weight excluding hydrogens is 440 g/mol. The lowest BCUT2D eigenvalue weighted by Gasteiger charge is -2.62. The maximum Gasteiger partial charge on any atom is 0.306 e. The molecule has 0 bridgehead atoms. The Balaban J connectivity index is 1.72. The molecule has 3 N–H and O–H groups in total. The second-order valence-electron chi connectivity index (χ2n) is 13.6. The van der Waals surface area contributed by atoms with Gasteiger partial charge in [-0.05, 0) is 91.4 Å². The predicted octanol–water partition coefficient (Wildman–Crippen LogP) is 5.69. The lowest BCUT2D eigenvalue weighted by Crippen LogP contribution is -2.55. The van der Waals surface area contributed by atoms with Gasteiger partial charge in [0.05, 0.1) is 18.1 Å². The third-order valence-electron chi connectivity index (χ3n) is 11.7. The Morgan fingerprint density at radius 2 is 1.69 bits per heavy atom. The molecule has 35 heavy (non-hydrogen) atoms. The molecule has 0 radical (unpaired) electrons. The molecule has 4 rings (SSSR count). The summed E-state index contributed by atoms with van der Waals surface area (Å²) in [4.78, 5) is 24.7. The third kappa shape index (κ3) is 3.70. The number of carboxylic acid groups (broad SMARTS) is 1. The second kappa shape index (κ2) is 8.55. The highest BCUT2D eigenvalue weighted by Crippen LogP contribution is 2.72. The van der Waals surface area contributed by atoms with Crippen LogP contribution in [0.5, 0.6) is 0 Å².